The molecule has 1 unspecified atom stereocenters. The summed E-state index contributed by atoms with van der Waals surface area (Å²) in [5.41, 5.74) is 19.7. The Hall–Kier alpha value is -7.00. The van der Waals surface area contributed by atoms with E-state index in [1.165, 1.54) is 92.5 Å². The Labute approximate surface area is 342 Å². The van der Waals surface area contributed by atoms with Gasteiger partial charge in [-0.05, 0) is 117 Å². The van der Waals surface area contributed by atoms with E-state index < -0.39 is 5.41 Å². The zero-order valence-corrected chi connectivity index (χ0v) is 32.8. The quantitative estimate of drug-likeness (QED) is 0.169. The number of anilines is 3. The van der Waals surface area contributed by atoms with Gasteiger partial charge in [0.25, 0.3) is 0 Å². The molecule has 58 heavy (non-hydrogen) atoms. The molecule has 0 saturated carbocycles. The molecule has 9 aromatic carbocycles. The van der Waals surface area contributed by atoms with Crippen molar-refractivity contribution in [3.05, 3.63) is 234 Å². The van der Waals surface area contributed by atoms with Crippen LogP contribution in [0.15, 0.2) is 206 Å². The highest BCUT2D eigenvalue weighted by atomic mass is 32.1. The predicted octanol–water partition coefficient (Wildman–Crippen LogP) is 15.5. The van der Waals surface area contributed by atoms with Gasteiger partial charge in [0.05, 0.1) is 5.41 Å². The van der Waals surface area contributed by atoms with Gasteiger partial charge in [-0.25, -0.2) is 0 Å². The number of rotatable bonds is 5. The number of benzene rings is 9. The lowest BCUT2D eigenvalue weighted by atomic mass is 9.70. The van der Waals surface area contributed by atoms with Gasteiger partial charge in [0.15, 0.2) is 0 Å². The second kappa shape index (κ2) is 12.8. The van der Waals surface area contributed by atoms with E-state index >= 15 is 0 Å². The first kappa shape index (κ1) is 33.2. The van der Waals surface area contributed by atoms with E-state index in [0.717, 1.165) is 17.1 Å². The largest absolute Gasteiger partial charge is 0.310 e. The minimum absolute atomic E-state index is 0.514. The van der Waals surface area contributed by atoms with Crippen molar-refractivity contribution >= 4 is 48.6 Å². The summed E-state index contributed by atoms with van der Waals surface area (Å²) in [4.78, 5) is 2.42. The first-order valence-electron chi connectivity index (χ1n) is 20.1. The molecule has 0 N–H and O–H groups in total. The van der Waals surface area contributed by atoms with Crippen molar-refractivity contribution in [2.45, 2.75) is 12.3 Å². The lowest BCUT2D eigenvalue weighted by Gasteiger charge is -2.32. The van der Waals surface area contributed by atoms with Crippen LogP contribution in [0.3, 0.4) is 0 Å². The van der Waals surface area contributed by atoms with Gasteiger partial charge in [-0.2, -0.15) is 0 Å². The molecule has 0 fully saturated rings. The molecule has 10 aromatic rings. The van der Waals surface area contributed by atoms with E-state index in [9.17, 15) is 0 Å². The zero-order chi connectivity index (χ0) is 38.4. The number of aryl methyl sites for hydroxylation is 1. The molecule has 0 radical (unpaired) electrons. The molecule has 2 aliphatic rings. The Morgan fingerprint density at radius 3 is 1.76 bits per heavy atom. The SMILES string of the molecule is Cc1ccc(-c2ccc(N(c3ccccc3)c3ccc4c(c3)C3(c5cc(-c6ccccc6)ccc5-4)c4ccccc4-c4c3ccc3c4sc4ccccc43)cc2)cc1. The van der Waals surface area contributed by atoms with Crippen LogP contribution in [0.1, 0.15) is 27.8 Å². The zero-order valence-electron chi connectivity index (χ0n) is 32.0. The first-order valence-corrected chi connectivity index (χ1v) is 20.9. The molecule has 1 heterocycles. The summed E-state index contributed by atoms with van der Waals surface area (Å²) in [7, 11) is 0. The van der Waals surface area contributed by atoms with E-state index in [-0.39, 0.29) is 0 Å². The van der Waals surface area contributed by atoms with Gasteiger partial charge < -0.3 is 4.90 Å². The fourth-order valence-electron chi connectivity index (χ4n) is 9.96. The molecule has 1 aromatic heterocycles. The summed E-state index contributed by atoms with van der Waals surface area (Å²) in [5.74, 6) is 0. The molecular formula is C56H37NS. The van der Waals surface area contributed by atoms with Gasteiger partial charge in [-0.15, -0.1) is 11.3 Å². The smallest absolute Gasteiger partial charge is 0.0727 e. The van der Waals surface area contributed by atoms with Crippen LogP contribution in [0, 0.1) is 6.92 Å². The minimum atomic E-state index is -0.514. The fourth-order valence-corrected chi connectivity index (χ4v) is 11.2. The highest BCUT2D eigenvalue weighted by molar-refractivity contribution is 7.26. The van der Waals surface area contributed by atoms with Gasteiger partial charge in [-0.1, -0.05) is 163 Å². The van der Waals surface area contributed by atoms with Crippen LogP contribution >= 0.6 is 11.3 Å². The van der Waals surface area contributed by atoms with Crippen LogP contribution in [0.25, 0.3) is 64.7 Å². The topological polar surface area (TPSA) is 3.24 Å². The normalized spacial score (nSPS) is 14.7. The number of thiophene rings is 1. The van der Waals surface area contributed by atoms with Gasteiger partial charge in [-0.3, -0.25) is 0 Å². The van der Waals surface area contributed by atoms with Crippen LogP contribution in [0.4, 0.5) is 17.1 Å². The Balaban J connectivity index is 1.13. The van der Waals surface area contributed by atoms with Crippen molar-refractivity contribution in [2.24, 2.45) is 0 Å². The Kier molecular flexibility index (Phi) is 7.30. The second-order valence-corrected chi connectivity index (χ2v) is 16.8. The van der Waals surface area contributed by atoms with Crippen molar-refractivity contribution in [2.75, 3.05) is 4.90 Å². The molecule has 272 valence electrons. The Morgan fingerprint density at radius 1 is 0.379 bits per heavy atom. The third-order valence-corrected chi connectivity index (χ3v) is 13.8. The monoisotopic (exact) mass is 755 g/mol. The average Bonchev–Trinajstić information content (AvgIpc) is 3.91. The molecule has 0 saturated heterocycles. The summed E-state index contributed by atoms with van der Waals surface area (Å²) in [6.07, 6.45) is 0. The lowest BCUT2D eigenvalue weighted by molar-refractivity contribution is 0.794. The van der Waals surface area contributed by atoms with Gasteiger partial charge in [0, 0.05) is 42.8 Å². The van der Waals surface area contributed by atoms with Crippen molar-refractivity contribution in [3.63, 3.8) is 0 Å². The maximum Gasteiger partial charge on any atom is 0.0727 e. The summed E-state index contributed by atoms with van der Waals surface area (Å²) in [6.45, 7) is 2.14. The van der Waals surface area contributed by atoms with E-state index in [2.05, 4.69) is 218 Å². The molecule has 12 rings (SSSR count). The maximum atomic E-state index is 2.50. The highest BCUT2D eigenvalue weighted by Gasteiger charge is 2.52. The van der Waals surface area contributed by atoms with Crippen molar-refractivity contribution in [3.8, 4) is 44.5 Å². The Morgan fingerprint density at radius 2 is 0.966 bits per heavy atom. The number of fused-ring (bicyclic) bond motifs is 14. The average molecular weight is 756 g/mol. The third-order valence-electron chi connectivity index (χ3n) is 12.6. The summed E-state index contributed by atoms with van der Waals surface area (Å²) < 4.78 is 2.70. The van der Waals surface area contributed by atoms with Gasteiger partial charge >= 0.3 is 0 Å². The van der Waals surface area contributed by atoms with E-state index in [1.807, 2.05) is 11.3 Å². The number of nitrogens with zero attached hydrogens (tertiary/aromatic N) is 1. The highest BCUT2D eigenvalue weighted by Crippen LogP contribution is 2.65. The minimum Gasteiger partial charge on any atom is -0.310 e. The van der Waals surface area contributed by atoms with E-state index in [1.54, 1.807) is 0 Å². The summed E-state index contributed by atoms with van der Waals surface area (Å²) >= 11 is 1.93. The third kappa shape index (κ3) is 4.76. The molecule has 1 spiro atoms. The summed E-state index contributed by atoms with van der Waals surface area (Å²) in [5, 5.41) is 2.66. The van der Waals surface area contributed by atoms with Crippen molar-refractivity contribution in [1.29, 1.82) is 0 Å². The van der Waals surface area contributed by atoms with E-state index in [0.29, 0.717) is 0 Å². The number of hydrogen-bond acceptors (Lipinski definition) is 2. The predicted molar refractivity (Wildman–Crippen MR) is 246 cm³/mol. The van der Waals surface area contributed by atoms with Crippen LogP contribution < -0.4 is 4.90 Å². The summed E-state index contributed by atoms with van der Waals surface area (Å²) in [6, 6.07) is 76.8. The fraction of sp³-hybridized carbons (Fsp3) is 0.0357. The molecule has 1 atom stereocenters. The van der Waals surface area contributed by atoms with Crippen LogP contribution in [0.5, 0.6) is 0 Å². The second-order valence-electron chi connectivity index (χ2n) is 15.7. The van der Waals surface area contributed by atoms with Gasteiger partial charge in [0.1, 0.15) is 0 Å². The maximum absolute atomic E-state index is 2.50. The van der Waals surface area contributed by atoms with Gasteiger partial charge in [0.2, 0.25) is 0 Å². The van der Waals surface area contributed by atoms with Crippen LogP contribution in [-0.2, 0) is 5.41 Å². The molecule has 0 amide bonds. The van der Waals surface area contributed by atoms with E-state index in [4.69, 9.17) is 0 Å². The van der Waals surface area contributed by atoms with Crippen LogP contribution in [0.2, 0.25) is 0 Å². The molecule has 2 heteroatoms. The number of hydrogen-bond donors (Lipinski definition) is 0. The Bertz CT molecular complexity index is 3210. The number of para-hydroxylation sites is 1. The molecular weight excluding hydrogens is 719 g/mol. The molecule has 0 bridgehead atoms. The van der Waals surface area contributed by atoms with Crippen molar-refractivity contribution < 1.29 is 0 Å². The standard InChI is InChI=1S/C56H37NS/c1-36-20-22-38(23-21-36)39-24-27-42(28-25-39)57(41-14-6-3-7-15-41)43-29-31-45-44-30-26-40(37-12-4-2-5-13-37)34-51(44)56(52(45)35-43)49-18-10-8-17-48(49)54-50(56)33-32-47-46-16-9-11-19-53(46)58-55(47)54/h2-35H,1H3. The van der Waals surface area contributed by atoms with Crippen molar-refractivity contribution in [1.82, 2.24) is 0 Å². The molecule has 2 aliphatic carbocycles. The molecule has 1 nitrogen and oxygen atoms in total. The lowest BCUT2D eigenvalue weighted by Crippen LogP contribution is -2.26. The molecule has 0 aliphatic heterocycles. The van der Waals surface area contributed by atoms with Crippen LogP contribution in [-0.4, -0.2) is 0 Å². The first-order chi connectivity index (χ1) is 28.7.